The lowest BCUT2D eigenvalue weighted by molar-refractivity contribution is -0.200. The van der Waals surface area contributed by atoms with Crippen molar-refractivity contribution in [3.63, 3.8) is 0 Å². The van der Waals surface area contributed by atoms with Gasteiger partial charge in [-0.05, 0) is 151 Å². The van der Waals surface area contributed by atoms with Crippen LogP contribution in [0.3, 0.4) is 0 Å². The second-order valence-electron chi connectivity index (χ2n) is 20.5. The molecule has 0 heterocycles. The fourth-order valence-electron chi connectivity index (χ4n) is 13.8. The number of hydrogen-bond acceptors (Lipinski definition) is 5. The highest BCUT2D eigenvalue weighted by Gasteiger charge is 2.70. The van der Waals surface area contributed by atoms with Crippen LogP contribution in [-0.4, -0.2) is 71.6 Å². The highest BCUT2D eigenvalue weighted by atomic mass is 35.5. The summed E-state index contributed by atoms with van der Waals surface area (Å²) in [7, 11) is 4.19. The van der Waals surface area contributed by atoms with E-state index in [0.717, 1.165) is 80.7 Å². The summed E-state index contributed by atoms with van der Waals surface area (Å²) in [6.45, 7) is 20.0. The van der Waals surface area contributed by atoms with E-state index < -0.39 is 17.5 Å². The summed E-state index contributed by atoms with van der Waals surface area (Å²) < 4.78 is 0. The van der Waals surface area contributed by atoms with Crippen LogP contribution < -0.4 is 0 Å². The molecule has 7 rings (SSSR count). The maximum absolute atomic E-state index is 14.3. The SMILES string of the molecule is CC(C)C1=C2[C@H]3CC[C@@H]4[C@@]5(C)CC=C(c6ccc(C(=O)O)cc6)C(C)(C)[C@@H]5CC[C@@]4(C)[C@]3(C)CC[C@@]2(C(O)CN(CCN(C)C)Cc2ccc(Cl)cc2)CC1=O. The van der Waals surface area contributed by atoms with E-state index in [1.807, 2.05) is 24.3 Å². The summed E-state index contributed by atoms with van der Waals surface area (Å²) >= 11 is 6.25. The first-order valence-electron chi connectivity index (χ1n) is 21.4. The van der Waals surface area contributed by atoms with Gasteiger partial charge in [-0.1, -0.05) is 96.0 Å². The number of ketones is 1. The number of benzene rings is 2. The van der Waals surface area contributed by atoms with E-state index in [2.05, 4.69) is 90.6 Å². The van der Waals surface area contributed by atoms with Crippen molar-refractivity contribution in [2.45, 2.75) is 112 Å². The minimum absolute atomic E-state index is 0.0158. The Morgan fingerprint density at radius 2 is 1.55 bits per heavy atom. The van der Waals surface area contributed by atoms with Gasteiger partial charge in [0.1, 0.15) is 0 Å². The van der Waals surface area contributed by atoms with Crippen LogP contribution in [0, 0.1) is 50.7 Å². The molecule has 304 valence electrons. The van der Waals surface area contributed by atoms with Gasteiger partial charge in [-0.2, -0.15) is 0 Å². The van der Waals surface area contributed by atoms with Crippen LogP contribution in [-0.2, 0) is 11.3 Å². The van der Waals surface area contributed by atoms with Crippen LogP contribution in [0.4, 0.5) is 0 Å². The number of carboxylic acid groups (broad SMARTS) is 1. The zero-order valence-electron chi connectivity index (χ0n) is 35.6. The molecule has 3 saturated carbocycles. The number of halogens is 1. The average molecular weight is 784 g/mol. The third kappa shape index (κ3) is 6.57. The predicted molar refractivity (Wildman–Crippen MR) is 227 cm³/mol. The number of Topliss-reactive ketones (excluding diaryl/α,β-unsaturated/α-hetero) is 1. The molecule has 5 aliphatic carbocycles. The lowest BCUT2D eigenvalue weighted by atomic mass is 9.33. The van der Waals surface area contributed by atoms with Crippen molar-refractivity contribution < 1.29 is 19.8 Å². The number of aliphatic hydroxyl groups excluding tert-OH is 1. The Bertz CT molecular complexity index is 1900. The number of aliphatic hydroxyl groups is 1. The summed E-state index contributed by atoms with van der Waals surface area (Å²) in [6.07, 6.45) is 9.71. The van der Waals surface area contributed by atoms with Crippen molar-refractivity contribution in [1.29, 1.82) is 0 Å². The van der Waals surface area contributed by atoms with Gasteiger partial charge in [0.15, 0.2) is 5.78 Å². The molecule has 7 heteroatoms. The fraction of sp³-hybridized carbons (Fsp3) is 0.633. The van der Waals surface area contributed by atoms with Crippen LogP contribution in [0.2, 0.25) is 5.02 Å². The standard InChI is InChI=1S/C49H67ClN2O4/c1-31(2)42-38(53)28-49(41(54)30-52(27-26-51(8)9)29-32-10-16-35(50)17-11-32)25-24-47(6)37(43(42)49)18-19-40-46(5)22-20-36(33-12-14-34(15-13-33)44(55)56)45(3,4)39(46)21-23-48(40,47)7/h10-17,20,31,37,39-41,54H,18-19,21-30H2,1-9H3,(H,55,56)/t37-,39+,40-,41?,46+,47-,48-,49+/m1/s1. The Balaban J connectivity index is 1.21. The Kier molecular flexibility index (Phi) is 10.9. The molecule has 3 fully saturated rings. The van der Waals surface area contributed by atoms with Crippen molar-refractivity contribution in [1.82, 2.24) is 9.80 Å². The zero-order valence-corrected chi connectivity index (χ0v) is 36.3. The van der Waals surface area contributed by atoms with E-state index >= 15 is 0 Å². The number of likely N-dealkylation sites (N-methyl/N-ethyl adjacent to an activating group) is 1. The Labute approximate surface area is 341 Å². The topological polar surface area (TPSA) is 81.1 Å². The molecule has 0 saturated heterocycles. The highest BCUT2D eigenvalue weighted by molar-refractivity contribution is 6.30. The maximum Gasteiger partial charge on any atom is 0.335 e. The molecule has 5 aliphatic rings. The summed E-state index contributed by atoms with van der Waals surface area (Å²) in [5.41, 5.74) is 6.01. The van der Waals surface area contributed by atoms with Gasteiger partial charge in [0.05, 0.1) is 11.7 Å². The molecule has 6 nitrogen and oxygen atoms in total. The van der Waals surface area contributed by atoms with Crippen LogP contribution in [0.1, 0.15) is 121 Å². The lowest BCUT2D eigenvalue weighted by Crippen LogP contribution is -2.64. The normalized spacial score (nSPS) is 34.2. The van der Waals surface area contributed by atoms with Crippen molar-refractivity contribution in [2.75, 3.05) is 33.7 Å². The molecule has 0 aliphatic heterocycles. The minimum Gasteiger partial charge on any atom is -0.478 e. The average Bonchev–Trinajstić information content (AvgIpc) is 3.45. The van der Waals surface area contributed by atoms with Gasteiger partial charge in [0.25, 0.3) is 0 Å². The highest BCUT2D eigenvalue weighted by Crippen LogP contribution is 2.77. The summed E-state index contributed by atoms with van der Waals surface area (Å²) in [5.74, 6) is 0.823. The zero-order chi connectivity index (χ0) is 40.6. The van der Waals surface area contributed by atoms with Crippen LogP contribution >= 0.6 is 11.6 Å². The van der Waals surface area contributed by atoms with E-state index in [1.165, 1.54) is 16.7 Å². The lowest BCUT2D eigenvalue weighted by Gasteiger charge is -2.71. The van der Waals surface area contributed by atoms with Gasteiger partial charge in [-0.15, -0.1) is 0 Å². The molecule has 2 aromatic carbocycles. The monoisotopic (exact) mass is 782 g/mol. The summed E-state index contributed by atoms with van der Waals surface area (Å²) in [6, 6.07) is 15.6. The Morgan fingerprint density at radius 1 is 0.875 bits per heavy atom. The molecule has 0 bridgehead atoms. The smallest absolute Gasteiger partial charge is 0.335 e. The van der Waals surface area contributed by atoms with Gasteiger partial charge < -0.3 is 15.1 Å². The number of rotatable bonds is 11. The largest absolute Gasteiger partial charge is 0.478 e. The Hall–Kier alpha value is -2.77. The van der Waals surface area contributed by atoms with Crippen LogP contribution in [0.25, 0.3) is 5.57 Å². The number of carboxylic acids is 1. The molecule has 56 heavy (non-hydrogen) atoms. The molecule has 0 radical (unpaired) electrons. The number of fused-ring (bicyclic) bond motifs is 7. The molecule has 2 N–H and O–H groups in total. The van der Waals surface area contributed by atoms with Gasteiger partial charge in [-0.25, -0.2) is 4.79 Å². The van der Waals surface area contributed by atoms with Gasteiger partial charge >= 0.3 is 5.97 Å². The number of allylic oxidation sites excluding steroid dienone is 3. The third-order valence-corrected chi connectivity index (χ3v) is 17.0. The molecule has 2 aromatic rings. The van der Waals surface area contributed by atoms with E-state index in [-0.39, 0.29) is 39.3 Å². The quantitative estimate of drug-likeness (QED) is 0.236. The van der Waals surface area contributed by atoms with E-state index in [4.69, 9.17) is 11.6 Å². The molecule has 1 unspecified atom stereocenters. The van der Waals surface area contributed by atoms with Crippen molar-refractivity contribution in [2.24, 2.45) is 50.7 Å². The van der Waals surface area contributed by atoms with Gasteiger partial charge in [0, 0.05) is 43.0 Å². The maximum atomic E-state index is 14.3. The van der Waals surface area contributed by atoms with Gasteiger partial charge in [-0.3, -0.25) is 9.69 Å². The van der Waals surface area contributed by atoms with E-state index in [1.54, 1.807) is 12.1 Å². The second kappa shape index (κ2) is 14.8. The van der Waals surface area contributed by atoms with Gasteiger partial charge in [0.2, 0.25) is 0 Å². The Morgan fingerprint density at radius 3 is 2.18 bits per heavy atom. The first-order chi connectivity index (χ1) is 26.3. The van der Waals surface area contributed by atoms with Crippen molar-refractivity contribution in [3.8, 4) is 0 Å². The molecular weight excluding hydrogens is 716 g/mol. The third-order valence-electron chi connectivity index (χ3n) is 16.8. The molecule has 0 amide bonds. The van der Waals surface area contributed by atoms with E-state index in [9.17, 15) is 19.8 Å². The van der Waals surface area contributed by atoms with E-state index in [0.29, 0.717) is 30.4 Å². The fourth-order valence-corrected chi connectivity index (χ4v) is 14.0. The second-order valence-corrected chi connectivity index (χ2v) is 20.9. The number of hydrogen-bond donors (Lipinski definition) is 2. The first-order valence-corrected chi connectivity index (χ1v) is 21.8. The van der Waals surface area contributed by atoms with Crippen molar-refractivity contribution >= 4 is 28.9 Å². The van der Waals surface area contributed by atoms with Crippen LogP contribution in [0.15, 0.2) is 65.8 Å². The first kappa shape index (κ1) is 41.4. The summed E-state index contributed by atoms with van der Waals surface area (Å²) in [4.78, 5) is 30.5. The predicted octanol–water partition coefficient (Wildman–Crippen LogP) is 10.4. The molecule has 0 aromatic heterocycles. The number of carbonyl (C=O) groups is 2. The molecule has 8 atom stereocenters. The summed E-state index contributed by atoms with van der Waals surface area (Å²) in [5, 5.41) is 23.0. The number of carbonyl (C=O) groups excluding carboxylic acids is 1. The van der Waals surface area contributed by atoms with Crippen LogP contribution in [0.5, 0.6) is 0 Å². The number of aromatic carboxylic acids is 1. The molecule has 0 spiro atoms. The minimum atomic E-state index is -0.888. The molecular formula is C49H67ClN2O4. The number of nitrogens with zero attached hydrogens (tertiary/aromatic N) is 2. The van der Waals surface area contributed by atoms with Crippen molar-refractivity contribution in [3.05, 3.63) is 87.5 Å².